The number of amides is 3. The number of hydrogen-bond donors (Lipinski definition) is 2. The third kappa shape index (κ3) is 6.28. The van der Waals surface area contributed by atoms with Gasteiger partial charge < -0.3 is 5.32 Å². The van der Waals surface area contributed by atoms with Gasteiger partial charge in [0, 0.05) is 25.5 Å². The molecule has 174 valence electrons. The first-order chi connectivity index (χ1) is 15.7. The fourth-order valence-electron chi connectivity index (χ4n) is 3.03. The predicted molar refractivity (Wildman–Crippen MR) is 125 cm³/mol. The number of imide groups is 1. The highest BCUT2D eigenvalue weighted by Gasteiger charge is 2.35. The summed E-state index contributed by atoms with van der Waals surface area (Å²) in [5.74, 6) is -1.32. The first kappa shape index (κ1) is 24.6. The van der Waals surface area contributed by atoms with Crippen LogP contribution in [-0.2, 0) is 19.6 Å². The maximum Gasteiger partial charge on any atom is 0.293 e. The van der Waals surface area contributed by atoms with Crippen molar-refractivity contribution in [3.8, 4) is 0 Å². The van der Waals surface area contributed by atoms with Gasteiger partial charge in [0.15, 0.2) is 0 Å². The quantitative estimate of drug-likeness (QED) is 0.519. The van der Waals surface area contributed by atoms with Crippen LogP contribution in [0.3, 0.4) is 0 Å². The Kier molecular flexibility index (Phi) is 8.01. The maximum absolute atomic E-state index is 12.7. The molecule has 1 aromatic heterocycles. The number of aromatic nitrogens is 1. The molecule has 0 saturated carbocycles. The normalized spacial score (nSPS) is 16.5. The van der Waals surface area contributed by atoms with E-state index in [2.05, 4.69) is 15.0 Å². The van der Waals surface area contributed by atoms with Crippen LogP contribution in [0.25, 0.3) is 6.08 Å². The highest BCUT2D eigenvalue weighted by Crippen LogP contribution is 2.31. The minimum Gasteiger partial charge on any atom is -0.353 e. The molecule has 1 saturated heterocycles. The molecule has 1 aromatic carbocycles. The molecule has 3 rings (SSSR count). The lowest BCUT2D eigenvalue weighted by Gasteiger charge is -2.22. The summed E-state index contributed by atoms with van der Waals surface area (Å²) in [5.41, 5.74) is 0.696. The summed E-state index contributed by atoms with van der Waals surface area (Å²) in [6.07, 6.45) is 4.77. The Labute approximate surface area is 196 Å². The minimum absolute atomic E-state index is 0.00662. The van der Waals surface area contributed by atoms with E-state index in [1.807, 2.05) is 0 Å². The number of sulfonamides is 1. The topological polar surface area (TPSA) is 126 Å². The molecule has 2 aromatic rings. The summed E-state index contributed by atoms with van der Waals surface area (Å²) in [7, 11) is -3.89. The SMILES string of the molecule is CC(C)[C@H](NS(=O)(=O)c1ccccc1)C(=O)NCCN1C(=O)S/C(=C/c2cccnc2)C1=O. The molecule has 11 heteroatoms. The fraction of sp³-hybridized carbons (Fsp3) is 0.273. The smallest absolute Gasteiger partial charge is 0.293 e. The molecule has 2 N–H and O–H groups in total. The van der Waals surface area contributed by atoms with Crippen molar-refractivity contribution < 1.29 is 22.8 Å². The van der Waals surface area contributed by atoms with Crippen LogP contribution < -0.4 is 10.0 Å². The highest BCUT2D eigenvalue weighted by atomic mass is 32.2. The van der Waals surface area contributed by atoms with Gasteiger partial charge in [0.05, 0.1) is 9.80 Å². The van der Waals surface area contributed by atoms with Crippen LogP contribution in [0.5, 0.6) is 0 Å². The molecular formula is C22H24N4O5S2. The van der Waals surface area contributed by atoms with Crippen molar-refractivity contribution in [3.05, 3.63) is 65.3 Å². The third-order valence-corrected chi connectivity index (χ3v) is 7.14. The molecule has 1 aliphatic rings. The molecule has 0 spiro atoms. The number of carbonyl (C=O) groups is 3. The van der Waals surface area contributed by atoms with Crippen molar-refractivity contribution in [1.82, 2.24) is 19.9 Å². The van der Waals surface area contributed by atoms with E-state index in [4.69, 9.17) is 0 Å². The Balaban J connectivity index is 1.59. The lowest BCUT2D eigenvalue weighted by Crippen LogP contribution is -2.50. The van der Waals surface area contributed by atoms with Crippen molar-refractivity contribution in [2.75, 3.05) is 13.1 Å². The Morgan fingerprint density at radius 2 is 1.88 bits per heavy atom. The van der Waals surface area contributed by atoms with E-state index in [1.54, 1.807) is 62.6 Å². The molecule has 1 fully saturated rings. The van der Waals surface area contributed by atoms with Gasteiger partial charge in [0.1, 0.15) is 6.04 Å². The first-order valence-electron chi connectivity index (χ1n) is 10.2. The van der Waals surface area contributed by atoms with Crippen LogP contribution in [0.4, 0.5) is 4.79 Å². The van der Waals surface area contributed by atoms with Gasteiger partial charge in [-0.1, -0.05) is 38.1 Å². The summed E-state index contributed by atoms with van der Waals surface area (Å²) < 4.78 is 27.6. The molecular weight excluding hydrogens is 464 g/mol. The summed E-state index contributed by atoms with van der Waals surface area (Å²) in [6, 6.07) is 10.2. The van der Waals surface area contributed by atoms with Crippen LogP contribution >= 0.6 is 11.8 Å². The van der Waals surface area contributed by atoms with Gasteiger partial charge in [0.2, 0.25) is 15.9 Å². The van der Waals surface area contributed by atoms with E-state index in [0.29, 0.717) is 5.56 Å². The zero-order valence-electron chi connectivity index (χ0n) is 18.1. The molecule has 0 aliphatic carbocycles. The summed E-state index contributed by atoms with van der Waals surface area (Å²) in [4.78, 5) is 42.9. The number of benzene rings is 1. The van der Waals surface area contributed by atoms with E-state index in [0.717, 1.165) is 16.7 Å². The largest absolute Gasteiger partial charge is 0.353 e. The van der Waals surface area contributed by atoms with Gasteiger partial charge >= 0.3 is 0 Å². The van der Waals surface area contributed by atoms with E-state index in [1.165, 1.54) is 12.1 Å². The standard InChI is InChI=1S/C22H24N4O5S2/c1-15(2)19(25-33(30,31)17-8-4-3-5-9-17)20(27)24-11-12-26-21(28)18(32-22(26)29)13-16-7-6-10-23-14-16/h3-10,13-15,19,25H,11-12H2,1-2H3,(H,24,27)/b18-13+/t19-/m0/s1. The molecule has 0 unspecified atom stereocenters. The average Bonchev–Trinajstić information content (AvgIpc) is 3.05. The van der Waals surface area contributed by atoms with Crippen LogP contribution in [-0.4, -0.2) is 54.5 Å². The van der Waals surface area contributed by atoms with Gasteiger partial charge in [-0.05, 0) is 47.5 Å². The average molecular weight is 489 g/mol. The highest BCUT2D eigenvalue weighted by molar-refractivity contribution is 8.18. The Morgan fingerprint density at radius 3 is 2.52 bits per heavy atom. The lowest BCUT2D eigenvalue weighted by molar-refractivity contribution is -0.125. The van der Waals surface area contributed by atoms with Crippen molar-refractivity contribution in [2.24, 2.45) is 5.92 Å². The van der Waals surface area contributed by atoms with Crippen LogP contribution in [0, 0.1) is 5.92 Å². The fourth-order valence-corrected chi connectivity index (χ4v) is 5.26. The molecule has 2 heterocycles. The van der Waals surface area contributed by atoms with E-state index in [9.17, 15) is 22.8 Å². The second-order valence-electron chi connectivity index (χ2n) is 7.57. The van der Waals surface area contributed by atoms with Crippen molar-refractivity contribution >= 4 is 44.9 Å². The number of hydrogen-bond acceptors (Lipinski definition) is 7. The number of thioether (sulfide) groups is 1. The summed E-state index contributed by atoms with van der Waals surface area (Å²) in [6.45, 7) is 3.40. The first-order valence-corrected chi connectivity index (χ1v) is 12.5. The number of rotatable bonds is 9. The number of nitrogens with one attached hydrogen (secondary N) is 2. The molecule has 1 aliphatic heterocycles. The molecule has 0 bridgehead atoms. The van der Waals surface area contributed by atoms with E-state index < -0.39 is 33.1 Å². The number of nitrogens with zero attached hydrogens (tertiary/aromatic N) is 2. The summed E-state index contributed by atoms with van der Waals surface area (Å²) >= 11 is 0.819. The van der Waals surface area contributed by atoms with Crippen molar-refractivity contribution in [2.45, 2.75) is 24.8 Å². The predicted octanol–water partition coefficient (Wildman–Crippen LogP) is 2.24. The number of pyridine rings is 1. The Bertz CT molecular complexity index is 1150. The molecule has 33 heavy (non-hydrogen) atoms. The minimum atomic E-state index is -3.89. The second-order valence-corrected chi connectivity index (χ2v) is 10.3. The summed E-state index contributed by atoms with van der Waals surface area (Å²) in [5, 5.41) is 2.18. The van der Waals surface area contributed by atoms with Gasteiger partial charge in [0.25, 0.3) is 11.1 Å². The van der Waals surface area contributed by atoms with Crippen molar-refractivity contribution in [1.29, 1.82) is 0 Å². The van der Waals surface area contributed by atoms with Gasteiger partial charge in [-0.15, -0.1) is 0 Å². The number of carbonyl (C=O) groups excluding carboxylic acids is 3. The van der Waals surface area contributed by atoms with Gasteiger partial charge in [-0.3, -0.25) is 24.3 Å². The van der Waals surface area contributed by atoms with Crippen LogP contribution in [0.1, 0.15) is 19.4 Å². The Morgan fingerprint density at radius 1 is 1.15 bits per heavy atom. The van der Waals surface area contributed by atoms with E-state index in [-0.39, 0.29) is 28.8 Å². The maximum atomic E-state index is 12.7. The van der Waals surface area contributed by atoms with Gasteiger partial charge in [-0.25, -0.2) is 8.42 Å². The third-order valence-electron chi connectivity index (χ3n) is 4.78. The molecule has 9 nitrogen and oxygen atoms in total. The molecule has 1 atom stereocenters. The van der Waals surface area contributed by atoms with E-state index >= 15 is 0 Å². The monoisotopic (exact) mass is 488 g/mol. The lowest BCUT2D eigenvalue weighted by atomic mass is 10.1. The Hall–Kier alpha value is -3.02. The van der Waals surface area contributed by atoms with Crippen LogP contribution in [0.15, 0.2) is 64.7 Å². The van der Waals surface area contributed by atoms with Crippen molar-refractivity contribution in [3.63, 3.8) is 0 Å². The zero-order valence-corrected chi connectivity index (χ0v) is 19.7. The van der Waals surface area contributed by atoms with Crippen LogP contribution in [0.2, 0.25) is 0 Å². The zero-order chi connectivity index (χ0) is 24.0. The molecule has 0 radical (unpaired) electrons. The van der Waals surface area contributed by atoms with Gasteiger partial charge in [-0.2, -0.15) is 4.72 Å². The molecule has 3 amide bonds. The second kappa shape index (κ2) is 10.7.